The van der Waals surface area contributed by atoms with Crippen LogP contribution in [0.5, 0.6) is 0 Å². The predicted molar refractivity (Wildman–Crippen MR) is 68.6 cm³/mol. The van der Waals surface area contributed by atoms with Gasteiger partial charge in [0.15, 0.2) is 0 Å². The third kappa shape index (κ3) is 2.68. The number of hydrogen-bond acceptors (Lipinski definition) is 3. The molecular formula is C13H24N4. The van der Waals surface area contributed by atoms with E-state index in [1.165, 1.54) is 32.1 Å². The van der Waals surface area contributed by atoms with E-state index >= 15 is 0 Å². The van der Waals surface area contributed by atoms with E-state index in [1.54, 1.807) is 6.33 Å². The molecule has 1 fully saturated rings. The van der Waals surface area contributed by atoms with Crippen LogP contribution in [0.4, 0.5) is 0 Å². The predicted octanol–water partition coefficient (Wildman–Crippen LogP) is 2.14. The lowest BCUT2D eigenvalue weighted by atomic mass is 9.70. The number of nitrogens with two attached hydrogens (primary N) is 1. The SMILES string of the molecule is CCn1ncnc1CC(N)C1(C)CCCCC1. The number of nitrogens with zero attached hydrogens (tertiary/aromatic N) is 3. The average Bonchev–Trinajstić information content (AvgIpc) is 2.77. The Kier molecular flexibility index (Phi) is 3.82. The molecule has 1 aromatic rings. The fourth-order valence-electron chi connectivity index (χ4n) is 2.88. The molecule has 96 valence electrons. The lowest BCUT2D eigenvalue weighted by molar-refractivity contribution is 0.166. The fourth-order valence-corrected chi connectivity index (χ4v) is 2.88. The minimum absolute atomic E-state index is 0.206. The molecule has 4 heteroatoms. The zero-order valence-electron chi connectivity index (χ0n) is 11.0. The normalized spacial score (nSPS) is 21.4. The lowest BCUT2D eigenvalue weighted by Gasteiger charge is -2.38. The minimum atomic E-state index is 0.206. The first kappa shape index (κ1) is 12.6. The summed E-state index contributed by atoms with van der Waals surface area (Å²) >= 11 is 0. The molecule has 1 unspecified atom stereocenters. The molecule has 0 aromatic carbocycles. The summed E-state index contributed by atoms with van der Waals surface area (Å²) in [5, 5.41) is 4.21. The molecule has 0 amide bonds. The minimum Gasteiger partial charge on any atom is -0.327 e. The molecule has 2 rings (SSSR count). The largest absolute Gasteiger partial charge is 0.327 e. The number of hydrogen-bond donors (Lipinski definition) is 1. The van der Waals surface area contributed by atoms with Crippen LogP contribution in [0.25, 0.3) is 0 Å². The van der Waals surface area contributed by atoms with Crippen LogP contribution in [0.2, 0.25) is 0 Å². The number of aromatic nitrogens is 3. The van der Waals surface area contributed by atoms with Crippen LogP contribution in [0, 0.1) is 5.41 Å². The molecule has 1 aromatic heterocycles. The molecule has 4 nitrogen and oxygen atoms in total. The molecule has 1 saturated carbocycles. The van der Waals surface area contributed by atoms with E-state index in [9.17, 15) is 0 Å². The van der Waals surface area contributed by atoms with Crippen LogP contribution in [0.3, 0.4) is 0 Å². The smallest absolute Gasteiger partial charge is 0.138 e. The molecule has 1 aliphatic carbocycles. The van der Waals surface area contributed by atoms with Gasteiger partial charge in [0.25, 0.3) is 0 Å². The summed E-state index contributed by atoms with van der Waals surface area (Å²) in [4.78, 5) is 4.32. The van der Waals surface area contributed by atoms with Gasteiger partial charge in [-0.1, -0.05) is 26.2 Å². The van der Waals surface area contributed by atoms with E-state index < -0.39 is 0 Å². The Morgan fingerprint density at radius 3 is 2.76 bits per heavy atom. The molecule has 2 N–H and O–H groups in total. The molecule has 1 heterocycles. The summed E-state index contributed by atoms with van der Waals surface area (Å²) in [5.41, 5.74) is 6.71. The number of rotatable bonds is 4. The average molecular weight is 236 g/mol. The van der Waals surface area contributed by atoms with Crippen molar-refractivity contribution in [2.45, 2.75) is 65.0 Å². The Morgan fingerprint density at radius 1 is 1.41 bits per heavy atom. The summed E-state index contributed by atoms with van der Waals surface area (Å²) in [6, 6.07) is 0.206. The molecule has 17 heavy (non-hydrogen) atoms. The van der Waals surface area contributed by atoms with E-state index in [2.05, 4.69) is 23.9 Å². The van der Waals surface area contributed by atoms with Crippen LogP contribution < -0.4 is 5.73 Å². The molecule has 0 radical (unpaired) electrons. The maximum atomic E-state index is 6.42. The Balaban J connectivity index is 2.02. The second-order valence-corrected chi connectivity index (χ2v) is 5.52. The number of aryl methyl sites for hydroxylation is 1. The third-order valence-corrected chi connectivity index (χ3v) is 4.29. The van der Waals surface area contributed by atoms with Crippen molar-refractivity contribution in [3.05, 3.63) is 12.2 Å². The second kappa shape index (κ2) is 5.17. The van der Waals surface area contributed by atoms with Gasteiger partial charge >= 0.3 is 0 Å². The Morgan fingerprint density at radius 2 is 2.12 bits per heavy atom. The van der Waals surface area contributed by atoms with Crippen LogP contribution in [0.1, 0.15) is 51.8 Å². The van der Waals surface area contributed by atoms with E-state index in [0.717, 1.165) is 18.8 Å². The van der Waals surface area contributed by atoms with Crippen LogP contribution in [-0.4, -0.2) is 20.8 Å². The fraction of sp³-hybridized carbons (Fsp3) is 0.846. The van der Waals surface area contributed by atoms with Gasteiger partial charge in [0.1, 0.15) is 12.2 Å². The van der Waals surface area contributed by atoms with Crippen molar-refractivity contribution in [3.8, 4) is 0 Å². The van der Waals surface area contributed by atoms with Crippen molar-refractivity contribution < 1.29 is 0 Å². The zero-order valence-corrected chi connectivity index (χ0v) is 11.0. The molecule has 0 saturated heterocycles. The van der Waals surface area contributed by atoms with Crippen LogP contribution in [-0.2, 0) is 13.0 Å². The van der Waals surface area contributed by atoms with Gasteiger partial charge in [-0.2, -0.15) is 5.10 Å². The molecular weight excluding hydrogens is 212 g/mol. The summed E-state index contributed by atoms with van der Waals surface area (Å²) < 4.78 is 1.95. The van der Waals surface area contributed by atoms with Gasteiger partial charge < -0.3 is 5.73 Å². The van der Waals surface area contributed by atoms with Gasteiger partial charge in [0.2, 0.25) is 0 Å². The van der Waals surface area contributed by atoms with Crippen molar-refractivity contribution in [1.29, 1.82) is 0 Å². The molecule has 0 spiro atoms. The highest BCUT2D eigenvalue weighted by atomic mass is 15.3. The Hall–Kier alpha value is -0.900. The molecule has 0 bridgehead atoms. The zero-order chi connectivity index (χ0) is 12.3. The van der Waals surface area contributed by atoms with Crippen LogP contribution >= 0.6 is 0 Å². The highest BCUT2D eigenvalue weighted by Crippen LogP contribution is 2.38. The van der Waals surface area contributed by atoms with Gasteiger partial charge in [0.05, 0.1) is 0 Å². The van der Waals surface area contributed by atoms with E-state index in [0.29, 0.717) is 5.41 Å². The van der Waals surface area contributed by atoms with Crippen molar-refractivity contribution in [2.24, 2.45) is 11.1 Å². The van der Waals surface area contributed by atoms with E-state index in [1.807, 2.05) is 4.68 Å². The third-order valence-electron chi connectivity index (χ3n) is 4.29. The summed E-state index contributed by atoms with van der Waals surface area (Å²) in [5.74, 6) is 1.03. The molecule has 1 aliphatic rings. The molecule has 0 aliphatic heterocycles. The van der Waals surface area contributed by atoms with Gasteiger partial charge in [-0.05, 0) is 25.2 Å². The maximum Gasteiger partial charge on any atom is 0.138 e. The molecule has 1 atom stereocenters. The highest BCUT2D eigenvalue weighted by Gasteiger charge is 2.33. The van der Waals surface area contributed by atoms with Crippen molar-refractivity contribution in [1.82, 2.24) is 14.8 Å². The first-order valence-corrected chi connectivity index (χ1v) is 6.78. The summed E-state index contributed by atoms with van der Waals surface area (Å²) in [6.07, 6.45) is 9.02. The first-order valence-electron chi connectivity index (χ1n) is 6.78. The standard InChI is InChI=1S/C13H24N4/c1-3-17-12(15-10-16-17)9-11(14)13(2)7-5-4-6-8-13/h10-11H,3-9,14H2,1-2H3. The van der Waals surface area contributed by atoms with Gasteiger partial charge in [-0.25, -0.2) is 4.98 Å². The highest BCUT2D eigenvalue weighted by molar-refractivity contribution is 4.96. The Labute approximate surface area is 104 Å². The van der Waals surface area contributed by atoms with Crippen molar-refractivity contribution >= 4 is 0 Å². The van der Waals surface area contributed by atoms with Gasteiger partial charge in [0, 0.05) is 19.0 Å². The van der Waals surface area contributed by atoms with Gasteiger partial charge in [-0.15, -0.1) is 0 Å². The maximum absolute atomic E-state index is 6.42. The Bertz CT molecular complexity index is 352. The van der Waals surface area contributed by atoms with E-state index in [4.69, 9.17) is 5.73 Å². The summed E-state index contributed by atoms with van der Waals surface area (Å²) in [7, 11) is 0. The lowest BCUT2D eigenvalue weighted by Crippen LogP contribution is -2.43. The van der Waals surface area contributed by atoms with Crippen LogP contribution in [0.15, 0.2) is 6.33 Å². The summed E-state index contributed by atoms with van der Waals surface area (Å²) in [6.45, 7) is 5.30. The van der Waals surface area contributed by atoms with Crippen molar-refractivity contribution in [3.63, 3.8) is 0 Å². The quantitative estimate of drug-likeness (QED) is 0.871. The second-order valence-electron chi connectivity index (χ2n) is 5.52. The van der Waals surface area contributed by atoms with Crippen molar-refractivity contribution in [2.75, 3.05) is 0 Å². The first-order chi connectivity index (χ1) is 8.15. The monoisotopic (exact) mass is 236 g/mol. The van der Waals surface area contributed by atoms with E-state index in [-0.39, 0.29) is 6.04 Å². The topological polar surface area (TPSA) is 56.7 Å². The van der Waals surface area contributed by atoms with Gasteiger partial charge in [-0.3, -0.25) is 4.68 Å².